The number of fused-ring (bicyclic) bond motifs is 5. The first-order valence-electron chi connectivity index (χ1n) is 6.86. The third kappa shape index (κ3) is 1.61. The van der Waals surface area contributed by atoms with E-state index in [1.54, 1.807) is 0 Å². The lowest BCUT2D eigenvalue weighted by atomic mass is 10.1. The topological polar surface area (TPSA) is 4.93 Å². The predicted molar refractivity (Wildman–Crippen MR) is 90.8 cm³/mol. The van der Waals surface area contributed by atoms with Crippen molar-refractivity contribution in [3.05, 3.63) is 59.7 Å². The van der Waals surface area contributed by atoms with Crippen LogP contribution in [0.5, 0.6) is 0 Å². The van der Waals surface area contributed by atoms with Crippen LogP contribution in [0.15, 0.2) is 48.5 Å². The fraction of sp³-hybridized carbons (Fsp3) is 0.167. The second-order valence-electron chi connectivity index (χ2n) is 5.52. The lowest BCUT2D eigenvalue weighted by Crippen LogP contribution is -1.97. The van der Waals surface area contributed by atoms with Crippen molar-refractivity contribution in [2.75, 3.05) is 6.26 Å². The van der Waals surface area contributed by atoms with Crippen LogP contribution in [-0.2, 0) is 12.3 Å². The SMILES string of the molecule is C=S(C)Cn1c2c(c3ccccc31)Cc1ccccc1-2. The number of para-hydroxylation sites is 1. The van der Waals surface area contributed by atoms with Gasteiger partial charge in [0.05, 0.1) is 11.6 Å². The Hall–Kier alpha value is -1.80. The Morgan fingerprint density at radius 2 is 1.85 bits per heavy atom. The van der Waals surface area contributed by atoms with Crippen molar-refractivity contribution in [3.8, 4) is 11.3 Å². The molecular weight excluding hydrogens is 262 g/mol. The Labute approximate surface area is 121 Å². The predicted octanol–water partition coefficient (Wildman–Crippen LogP) is 4.50. The molecule has 0 N–H and O–H groups in total. The third-order valence-electron chi connectivity index (χ3n) is 4.06. The lowest BCUT2D eigenvalue weighted by molar-refractivity contribution is 0.952. The average Bonchev–Trinajstić information content (AvgIpc) is 2.96. The number of hydrogen-bond acceptors (Lipinski definition) is 0. The minimum atomic E-state index is 0.143. The minimum Gasteiger partial charge on any atom is -0.331 e. The first-order valence-corrected chi connectivity index (χ1v) is 8.83. The van der Waals surface area contributed by atoms with Crippen molar-refractivity contribution >= 4 is 27.3 Å². The average molecular weight is 279 g/mol. The molecule has 0 spiro atoms. The summed E-state index contributed by atoms with van der Waals surface area (Å²) in [7, 11) is 0.143. The van der Waals surface area contributed by atoms with Gasteiger partial charge in [0.1, 0.15) is 0 Å². The zero-order chi connectivity index (χ0) is 13.7. The fourth-order valence-electron chi connectivity index (χ4n) is 3.31. The van der Waals surface area contributed by atoms with Gasteiger partial charge in [0.15, 0.2) is 0 Å². The zero-order valence-electron chi connectivity index (χ0n) is 11.6. The van der Waals surface area contributed by atoms with E-state index < -0.39 is 0 Å². The highest BCUT2D eigenvalue weighted by Crippen LogP contribution is 2.43. The smallest absolute Gasteiger partial charge is 0.0632 e. The van der Waals surface area contributed by atoms with E-state index in [1.165, 1.54) is 33.3 Å². The summed E-state index contributed by atoms with van der Waals surface area (Å²) in [4.78, 5) is 0. The summed E-state index contributed by atoms with van der Waals surface area (Å²) in [5.41, 5.74) is 7.13. The highest BCUT2D eigenvalue weighted by molar-refractivity contribution is 8.12. The van der Waals surface area contributed by atoms with Gasteiger partial charge in [-0.3, -0.25) is 0 Å². The molecular formula is C18H17NS. The van der Waals surface area contributed by atoms with Gasteiger partial charge in [-0.2, -0.15) is 10.5 Å². The molecule has 1 aliphatic rings. The maximum atomic E-state index is 4.21. The first kappa shape index (κ1) is 12.0. The summed E-state index contributed by atoms with van der Waals surface area (Å²) >= 11 is 0. The van der Waals surface area contributed by atoms with Crippen molar-refractivity contribution in [2.24, 2.45) is 0 Å². The van der Waals surface area contributed by atoms with Gasteiger partial charge in [0, 0.05) is 22.9 Å². The van der Waals surface area contributed by atoms with Gasteiger partial charge in [0.25, 0.3) is 0 Å². The molecule has 4 rings (SSSR count). The molecule has 1 aromatic heterocycles. The Balaban J connectivity index is 2.09. The van der Waals surface area contributed by atoms with Gasteiger partial charge in [-0.1, -0.05) is 48.3 Å². The maximum Gasteiger partial charge on any atom is 0.0632 e. The highest BCUT2D eigenvalue weighted by atomic mass is 32.2. The number of rotatable bonds is 2. The van der Waals surface area contributed by atoms with E-state index >= 15 is 0 Å². The second-order valence-corrected chi connectivity index (χ2v) is 7.34. The van der Waals surface area contributed by atoms with Crippen molar-refractivity contribution in [2.45, 2.75) is 12.3 Å². The van der Waals surface area contributed by atoms with Gasteiger partial charge in [-0.25, -0.2) is 0 Å². The van der Waals surface area contributed by atoms with E-state index in [1.807, 2.05) is 0 Å². The van der Waals surface area contributed by atoms with Gasteiger partial charge >= 0.3 is 0 Å². The third-order valence-corrected chi connectivity index (χ3v) is 4.76. The maximum absolute atomic E-state index is 4.21. The quantitative estimate of drug-likeness (QED) is 0.476. The first-order chi connectivity index (χ1) is 9.75. The van der Waals surface area contributed by atoms with E-state index in [4.69, 9.17) is 0 Å². The molecule has 0 fully saturated rings. The second kappa shape index (κ2) is 4.35. The van der Waals surface area contributed by atoms with Gasteiger partial charge in [0.2, 0.25) is 0 Å². The Bertz CT molecular complexity index is 842. The van der Waals surface area contributed by atoms with E-state index in [0.29, 0.717) is 0 Å². The molecule has 2 aromatic carbocycles. The van der Waals surface area contributed by atoms with Gasteiger partial charge in [-0.15, -0.1) is 0 Å². The molecule has 0 radical (unpaired) electrons. The molecule has 0 aliphatic heterocycles. The summed E-state index contributed by atoms with van der Waals surface area (Å²) in [5, 5.41) is 1.41. The van der Waals surface area contributed by atoms with Crippen molar-refractivity contribution < 1.29 is 0 Å². The van der Waals surface area contributed by atoms with Crippen LogP contribution in [0.2, 0.25) is 0 Å². The van der Waals surface area contributed by atoms with Crippen molar-refractivity contribution in [1.29, 1.82) is 0 Å². The minimum absolute atomic E-state index is 0.143. The van der Waals surface area contributed by atoms with E-state index in [2.05, 4.69) is 65.2 Å². The van der Waals surface area contributed by atoms with Crippen molar-refractivity contribution in [3.63, 3.8) is 0 Å². The molecule has 1 nitrogen and oxygen atoms in total. The molecule has 0 amide bonds. The molecule has 1 atom stereocenters. The summed E-state index contributed by atoms with van der Waals surface area (Å²) in [5.74, 6) is 5.21. The summed E-state index contributed by atoms with van der Waals surface area (Å²) in [6, 6.07) is 17.6. The van der Waals surface area contributed by atoms with Crippen LogP contribution in [-0.4, -0.2) is 16.7 Å². The number of aromatic nitrogens is 1. The van der Waals surface area contributed by atoms with Crippen molar-refractivity contribution in [1.82, 2.24) is 4.57 Å². The van der Waals surface area contributed by atoms with E-state index in [9.17, 15) is 0 Å². The Kier molecular flexibility index (Phi) is 2.61. The molecule has 1 heterocycles. The van der Waals surface area contributed by atoms with Gasteiger partial charge < -0.3 is 4.57 Å². The molecule has 1 unspecified atom stereocenters. The number of nitrogens with zero attached hydrogens (tertiary/aromatic N) is 1. The molecule has 0 saturated heterocycles. The van der Waals surface area contributed by atoms with Crippen LogP contribution >= 0.6 is 10.5 Å². The monoisotopic (exact) mass is 279 g/mol. The number of hydrogen-bond donors (Lipinski definition) is 0. The van der Waals surface area contributed by atoms with Crippen LogP contribution in [0.3, 0.4) is 0 Å². The normalized spacial score (nSPS) is 14.2. The fourth-order valence-corrected chi connectivity index (χ4v) is 4.02. The Morgan fingerprint density at radius 1 is 1.10 bits per heavy atom. The summed E-state index contributed by atoms with van der Waals surface area (Å²) in [6.45, 7) is 0. The molecule has 2 heteroatoms. The largest absolute Gasteiger partial charge is 0.331 e. The summed E-state index contributed by atoms with van der Waals surface area (Å²) in [6.07, 6.45) is 3.27. The highest BCUT2D eigenvalue weighted by Gasteiger charge is 2.25. The molecule has 0 saturated carbocycles. The van der Waals surface area contributed by atoms with Crippen LogP contribution in [0.25, 0.3) is 22.2 Å². The van der Waals surface area contributed by atoms with Crippen LogP contribution < -0.4 is 0 Å². The molecule has 100 valence electrons. The number of benzene rings is 2. The van der Waals surface area contributed by atoms with Crippen LogP contribution in [0.4, 0.5) is 0 Å². The van der Waals surface area contributed by atoms with E-state index in [-0.39, 0.29) is 10.5 Å². The summed E-state index contributed by atoms with van der Waals surface area (Å²) < 4.78 is 2.48. The molecule has 20 heavy (non-hydrogen) atoms. The Morgan fingerprint density at radius 3 is 2.70 bits per heavy atom. The molecule has 0 bridgehead atoms. The van der Waals surface area contributed by atoms with Gasteiger partial charge in [-0.05, 0) is 23.4 Å². The standard InChI is InChI=1S/C18H17NS/c1-20(2)12-19-17-10-6-5-9-15(17)16-11-13-7-3-4-8-14(13)18(16)19/h3-10H,1,11-12H2,2H3. The molecule has 1 aliphatic carbocycles. The molecule has 3 aromatic rings. The lowest BCUT2D eigenvalue weighted by Gasteiger charge is -2.11. The zero-order valence-corrected chi connectivity index (χ0v) is 12.4. The van der Waals surface area contributed by atoms with Crippen LogP contribution in [0.1, 0.15) is 11.1 Å². The van der Waals surface area contributed by atoms with Crippen LogP contribution in [0, 0.1) is 0 Å². The van der Waals surface area contributed by atoms with E-state index in [0.717, 1.165) is 12.3 Å².